The van der Waals surface area contributed by atoms with Crippen molar-refractivity contribution in [3.05, 3.63) is 29.8 Å². The number of ether oxygens (including phenoxy) is 2. The molecule has 1 aromatic rings. The summed E-state index contributed by atoms with van der Waals surface area (Å²) in [7, 11) is 1.70. The van der Waals surface area contributed by atoms with Gasteiger partial charge in [0.15, 0.2) is 0 Å². The van der Waals surface area contributed by atoms with Gasteiger partial charge in [0.05, 0.1) is 18.2 Å². The van der Waals surface area contributed by atoms with Gasteiger partial charge in [-0.1, -0.05) is 32.0 Å². The Kier molecular flexibility index (Phi) is 6.87. The average Bonchev–Trinajstić information content (AvgIpc) is 2.67. The molecule has 1 spiro atoms. The molecule has 2 N–H and O–H groups in total. The Bertz CT molecular complexity index is 700. The molecule has 2 fully saturated rings. The van der Waals surface area contributed by atoms with E-state index in [0.29, 0.717) is 25.4 Å². The number of hydrogen-bond donors (Lipinski definition) is 2. The van der Waals surface area contributed by atoms with Gasteiger partial charge >= 0.3 is 0 Å². The molecule has 1 aromatic carbocycles. The van der Waals surface area contributed by atoms with Crippen LogP contribution in [0, 0.1) is 5.92 Å². The highest BCUT2D eigenvalue weighted by Gasteiger charge is 2.53. The first-order chi connectivity index (χ1) is 13.8. The maximum atomic E-state index is 12.4. The van der Waals surface area contributed by atoms with E-state index in [4.69, 9.17) is 9.47 Å². The third kappa shape index (κ3) is 4.93. The molecule has 2 aliphatic rings. The number of para-hydroxylation sites is 1. The highest BCUT2D eigenvalue weighted by molar-refractivity contribution is 5.77. The zero-order valence-corrected chi connectivity index (χ0v) is 18.2. The van der Waals surface area contributed by atoms with Gasteiger partial charge in [-0.15, -0.1) is 0 Å². The van der Waals surface area contributed by atoms with E-state index >= 15 is 0 Å². The number of benzene rings is 1. The standard InChI is InChI=1S/C23H36N2O4/c1-17(2)15-20(26)24-22(3)11-14-29-23(21(22)27)9-12-25(13-10-23)16-18-7-5-6-8-19(18)28-4/h5-8,17,21,27H,9-16H2,1-4H3,(H,24,26)/t21-,22+/m0/s1. The van der Waals surface area contributed by atoms with Crippen molar-refractivity contribution in [3.8, 4) is 5.75 Å². The van der Waals surface area contributed by atoms with Crippen LogP contribution < -0.4 is 10.1 Å². The lowest BCUT2D eigenvalue weighted by molar-refractivity contribution is -0.208. The molecule has 2 heterocycles. The molecule has 0 bridgehead atoms. The van der Waals surface area contributed by atoms with Crippen molar-refractivity contribution in [3.63, 3.8) is 0 Å². The molecular formula is C23H36N2O4. The molecule has 0 aliphatic carbocycles. The number of amides is 1. The predicted molar refractivity (Wildman–Crippen MR) is 113 cm³/mol. The van der Waals surface area contributed by atoms with Crippen LogP contribution in [-0.4, -0.2) is 60.0 Å². The van der Waals surface area contributed by atoms with Crippen LogP contribution in [0.15, 0.2) is 24.3 Å². The Hall–Kier alpha value is -1.63. The zero-order valence-electron chi connectivity index (χ0n) is 18.2. The lowest BCUT2D eigenvalue weighted by Gasteiger charge is -2.53. The largest absolute Gasteiger partial charge is 0.496 e. The van der Waals surface area contributed by atoms with Crippen LogP contribution in [0.5, 0.6) is 5.75 Å². The van der Waals surface area contributed by atoms with E-state index in [9.17, 15) is 9.90 Å². The third-order valence-corrected chi connectivity index (χ3v) is 6.42. The van der Waals surface area contributed by atoms with Crippen molar-refractivity contribution in [2.45, 2.75) is 70.2 Å². The number of nitrogens with one attached hydrogen (secondary N) is 1. The second kappa shape index (κ2) is 9.02. The number of nitrogens with zero attached hydrogens (tertiary/aromatic N) is 1. The summed E-state index contributed by atoms with van der Waals surface area (Å²) >= 11 is 0. The molecule has 1 amide bonds. The van der Waals surface area contributed by atoms with Crippen LogP contribution in [0.3, 0.4) is 0 Å². The van der Waals surface area contributed by atoms with E-state index in [1.165, 1.54) is 5.56 Å². The topological polar surface area (TPSA) is 71.0 Å². The van der Waals surface area contributed by atoms with Crippen molar-refractivity contribution in [1.82, 2.24) is 10.2 Å². The van der Waals surface area contributed by atoms with Crippen molar-refractivity contribution in [1.29, 1.82) is 0 Å². The highest BCUT2D eigenvalue weighted by atomic mass is 16.5. The lowest BCUT2D eigenvalue weighted by atomic mass is 9.73. The molecule has 0 radical (unpaired) electrons. The second-order valence-electron chi connectivity index (χ2n) is 9.22. The van der Waals surface area contributed by atoms with Gasteiger partial charge in [-0.05, 0) is 38.2 Å². The van der Waals surface area contributed by atoms with Crippen LogP contribution in [-0.2, 0) is 16.1 Å². The number of rotatable bonds is 6. The molecular weight excluding hydrogens is 368 g/mol. The molecule has 2 aliphatic heterocycles. The fourth-order valence-corrected chi connectivity index (χ4v) is 4.72. The summed E-state index contributed by atoms with van der Waals surface area (Å²) in [5.74, 6) is 1.21. The first-order valence-corrected chi connectivity index (χ1v) is 10.8. The smallest absolute Gasteiger partial charge is 0.220 e. The second-order valence-corrected chi connectivity index (χ2v) is 9.22. The SMILES string of the molecule is COc1ccccc1CN1CCC2(CC1)OCC[C@@](C)(NC(=O)CC(C)C)[C@@H]2O. The summed E-state index contributed by atoms with van der Waals surface area (Å²) in [5.41, 5.74) is -0.0633. The molecule has 2 atom stereocenters. The molecule has 3 rings (SSSR count). The normalized spacial score (nSPS) is 27.2. The fraction of sp³-hybridized carbons (Fsp3) is 0.696. The first kappa shape index (κ1) is 22.1. The number of likely N-dealkylation sites (tertiary alicyclic amines) is 1. The molecule has 2 saturated heterocycles. The van der Waals surface area contributed by atoms with E-state index in [0.717, 1.165) is 38.2 Å². The van der Waals surface area contributed by atoms with Crippen LogP contribution in [0.25, 0.3) is 0 Å². The molecule has 6 nitrogen and oxygen atoms in total. The Labute approximate surface area is 174 Å². The number of hydrogen-bond acceptors (Lipinski definition) is 5. The van der Waals surface area contributed by atoms with Crippen LogP contribution >= 0.6 is 0 Å². The predicted octanol–water partition coefficient (Wildman–Crippen LogP) is 2.73. The molecule has 0 aromatic heterocycles. The van der Waals surface area contributed by atoms with E-state index < -0.39 is 17.2 Å². The summed E-state index contributed by atoms with van der Waals surface area (Å²) in [6.45, 7) is 9.07. The summed E-state index contributed by atoms with van der Waals surface area (Å²) in [6, 6.07) is 8.09. The van der Waals surface area contributed by atoms with Crippen molar-refractivity contribution < 1.29 is 19.4 Å². The van der Waals surface area contributed by atoms with Gasteiger partial charge in [0.1, 0.15) is 11.9 Å². The van der Waals surface area contributed by atoms with E-state index in [2.05, 4.69) is 16.3 Å². The summed E-state index contributed by atoms with van der Waals surface area (Å²) in [5, 5.41) is 14.4. The lowest BCUT2D eigenvalue weighted by Crippen LogP contribution is -2.69. The Morgan fingerprint density at radius 2 is 2.00 bits per heavy atom. The number of aliphatic hydroxyl groups is 1. The molecule has 0 saturated carbocycles. The summed E-state index contributed by atoms with van der Waals surface area (Å²) < 4.78 is 11.6. The zero-order chi connectivity index (χ0) is 21.1. The summed E-state index contributed by atoms with van der Waals surface area (Å²) in [6.07, 6.45) is 1.89. The van der Waals surface area contributed by atoms with Gasteiger partial charge in [0, 0.05) is 38.2 Å². The molecule has 29 heavy (non-hydrogen) atoms. The first-order valence-electron chi connectivity index (χ1n) is 10.8. The Balaban J connectivity index is 1.63. The van der Waals surface area contributed by atoms with Crippen molar-refractivity contribution >= 4 is 5.91 Å². The van der Waals surface area contributed by atoms with Crippen LogP contribution in [0.4, 0.5) is 0 Å². The van der Waals surface area contributed by atoms with Crippen molar-refractivity contribution in [2.24, 2.45) is 5.92 Å². The Morgan fingerprint density at radius 3 is 2.66 bits per heavy atom. The monoisotopic (exact) mass is 404 g/mol. The van der Waals surface area contributed by atoms with Gasteiger partial charge < -0.3 is 19.9 Å². The van der Waals surface area contributed by atoms with Gasteiger partial charge in [-0.2, -0.15) is 0 Å². The van der Waals surface area contributed by atoms with Gasteiger partial charge in [0.25, 0.3) is 0 Å². The quantitative estimate of drug-likeness (QED) is 0.763. The average molecular weight is 405 g/mol. The van der Waals surface area contributed by atoms with E-state index in [-0.39, 0.29) is 5.91 Å². The highest BCUT2D eigenvalue weighted by Crippen LogP contribution is 2.40. The number of carbonyl (C=O) groups is 1. The minimum atomic E-state index is -0.715. The van der Waals surface area contributed by atoms with E-state index in [1.807, 2.05) is 39.0 Å². The minimum Gasteiger partial charge on any atom is -0.496 e. The Morgan fingerprint density at radius 1 is 1.31 bits per heavy atom. The van der Waals surface area contributed by atoms with Gasteiger partial charge in [0.2, 0.25) is 5.91 Å². The number of methoxy groups -OCH3 is 1. The van der Waals surface area contributed by atoms with Crippen molar-refractivity contribution in [2.75, 3.05) is 26.8 Å². The van der Waals surface area contributed by atoms with Crippen LogP contribution in [0.2, 0.25) is 0 Å². The third-order valence-electron chi connectivity index (χ3n) is 6.42. The summed E-state index contributed by atoms with van der Waals surface area (Å²) in [4.78, 5) is 14.8. The molecule has 0 unspecified atom stereocenters. The van der Waals surface area contributed by atoms with Gasteiger partial charge in [-0.3, -0.25) is 9.69 Å². The fourth-order valence-electron chi connectivity index (χ4n) is 4.72. The molecule has 162 valence electrons. The minimum absolute atomic E-state index is 0.00667. The maximum absolute atomic E-state index is 12.4. The van der Waals surface area contributed by atoms with Gasteiger partial charge in [-0.25, -0.2) is 0 Å². The van der Waals surface area contributed by atoms with E-state index in [1.54, 1.807) is 7.11 Å². The number of carbonyl (C=O) groups excluding carboxylic acids is 1. The molecule has 6 heteroatoms. The maximum Gasteiger partial charge on any atom is 0.220 e. The number of piperidine rings is 1. The number of aliphatic hydroxyl groups excluding tert-OH is 1. The van der Waals surface area contributed by atoms with Crippen LogP contribution in [0.1, 0.15) is 52.0 Å².